The summed E-state index contributed by atoms with van der Waals surface area (Å²) in [6.45, 7) is 3.75. The number of halogens is 2. The van der Waals surface area contributed by atoms with Gasteiger partial charge in [-0.25, -0.2) is 0 Å². The van der Waals surface area contributed by atoms with E-state index in [9.17, 15) is 14.9 Å². The van der Waals surface area contributed by atoms with E-state index in [1.165, 1.54) is 24.3 Å². The monoisotopic (exact) mass is 434 g/mol. The lowest BCUT2D eigenvalue weighted by atomic mass is 10.2. The first-order chi connectivity index (χ1) is 13.8. The Kier molecular flexibility index (Phi) is 6.74. The molecule has 9 heteroatoms. The van der Waals surface area contributed by atoms with E-state index in [0.717, 1.165) is 31.9 Å². The lowest BCUT2D eigenvalue weighted by Crippen LogP contribution is -2.44. The van der Waals surface area contributed by atoms with Crippen LogP contribution in [-0.4, -0.2) is 49.0 Å². The molecule has 1 amide bonds. The molecule has 0 aliphatic carbocycles. The standard InChI is InChI=1S/C20H20Cl2N4O3/c1-24-8-10-25(11-9-24)18-6-4-15(13-17(18)22)23-20(27)7-3-14-2-5-16(21)19(12-14)26(28)29/h2-7,12-13H,8-11H2,1H3,(H,23,27). The second-order valence-electron chi connectivity index (χ2n) is 6.75. The van der Waals surface area contributed by atoms with Crippen LogP contribution in [0.15, 0.2) is 42.5 Å². The molecule has 2 aromatic carbocycles. The highest BCUT2D eigenvalue weighted by Gasteiger charge is 2.17. The molecule has 0 saturated carbocycles. The van der Waals surface area contributed by atoms with Crippen LogP contribution in [0.25, 0.3) is 6.08 Å². The van der Waals surface area contributed by atoms with Crippen molar-refractivity contribution in [1.29, 1.82) is 0 Å². The Morgan fingerprint density at radius 2 is 1.83 bits per heavy atom. The van der Waals surface area contributed by atoms with Gasteiger partial charge in [0.25, 0.3) is 5.69 Å². The third-order valence-corrected chi connectivity index (χ3v) is 5.28. The molecule has 3 rings (SSSR count). The Balaban J connectivity index is 1.65. The van der Waals surface area contributed by atoms with Crippen LogP contribution in [0.3, 0.4) is 0 Å². The predicted octanol–water partition coefficient (Wildman–Crippen LogP) is 4.31. The summed E-state index contributed by atoms with van der Waals surface area (Å²) in [6, 6.07) is 9.75. The Bertz CT molecular complexity index is 957. The fraction of sp³-hybridized carbons (Fsp3) is 0.250. The van der Waals surface area contributed by atoms with Crippen molar-refractivity contribution in [1.82, 2.24) is 4.90 Å². The number of amides is 1. The molecule has 1 fully saturated rings. The van der Waals surface area contributed by atoms with Gasteiger partial charge in [0.15, 0.2) is 0 Å². The third-order valence-electron chi connectivity index (χ3n) is 4.65. The summed E-state index contributed by atoms with van der Waals surface area (Å²) in [5.74, 6) is -0.369. The van der Waals surface area contributed by atoms with Gasteiger partial charge >= 0.3 is 0 Å². The van der Waals surface area contributed by atoms with Crippen molar-refractivity contribution in [3.05, 3.63) is 68.2 Å². The maximum Gasteiger partial charge on any atom is 0.288 e. The number of rotatable bonds is 5. The van der Waals surface area contributed by atoms with E-state index in [1.54, 1.807) is 18.2 Å². The topological polar surface area (TPSA) is 78.7 Å². The highest BCUT2D eigenvalue weighted by Crippen LogP contribution is 2.30. The molecule has 0 radical (unpaired) electrons. The normalized spacial score (nSPS) is 14.9. The van der Waals surface area contributed by atoms with Crippen LogP contribution in [0.4, 0.5) is 17.1 Å². The molecule has 0 bridgehead atoms. The predicted molar refractivity (Wildman–Crippen MR) is 117 cm³/mol. The molecule has 1 aliphatic rings. The van der Waals surface area contributed by atoms with Crippen molar-refractivity contribution in [2.24, 2.45) is 0 Å². The van der Waals surface area contributed by atoms with Gasteiger partial charge in [-0.05, 0) is 43.0 Å². The second-order valence-corrected chi connectivity index (χ2v) is 7.56. The van der Waals surface area contributed by atoms with E-state index in [4.69, 9.17) is 23.2 Å². The van der Waals surface area contributed by atoms with Crippen LogP contribution in [-0.2, 0) is 4.79 Å². The number of likely N-dealkylation sites (N-methyl/N-ethyl adjacent to an activating group) is 1. The van der Waals surface area contributed by atoms with Crippen molar-refractivity contribution in [2.75, 3.05) is 43.4 Å². The van der Waals surface area contributed by atoms with Gasteiger partial charge in [0.1, 0.15) is 5.02 Å². The number of hydrogen-bond donors (Lipinski definition) is 1. The number of carbonyl (C=O) groups excluding carboxylic acids is 1. The largest absolute Gasteiger partial charge is 0.368 e. The lowest BCUT2D eigenvalue weighted by Gasteiger charge is -2.34. The van der Waals surface area contributed by atoms with Crippen molar-refractivity contribution >= 4 is 52.2 Å². The smallest absolute Gasteiger partial charge is 0.288 e. The van der Waals surface area contributed by atoms with Crippen LogP contribution in [0.2, 0.25) is 10.0 Å². The third kappa shape index (κ3) is 5.47. The summed E-state index contributed by atoms with van der Waals surface area (Å²) >= 11 is 12.2. The zero-order chi connectivity index (χ0) is 21.0. The summed E-state index contributed by atoms with van der Waals surface area (Å²) in [7, 11) is 2.09. The first-order valence-electron chi connectivity index (χ1n) is 8.99. The first kappa shape index (κ1) is 21.1. The average molecular weight is 435 g/mol. The van der Waals surface area contributed by atoms with Crippen LogP contribution in [0.1, 0.15) is 5.56 Å². The number of nitrogens with one attached hydrogen (secondary N) is 1. The van der Waals surface area contributed by atoms with Crippen LogP contribution in [0.5, 0.6) is 0 Å². The van der Waals surface area contributed by atoms with E-state index in [-0.39, 0.29) is 16.6 Å². The Morgan fingerprint density at radius 3 is 2.48 bits per heavy atom. The van der Waals surface area contributed by atoms with E-state index in [1.807, 2.05) is 6.07 Å². The molecular weight excluding hydrogens is 415 g/mol. The molecule has 0 spiro atoms. The van der Waals surface area contributed by atoms with E-state index in [2.05, 4.69) is 22.2 Å². The van der Waals surface area contributed by atoms with Crippen molar-refractivity contribution in [2.45, 2.75) is 0 Å². The minimum Gasteiger partial charge on any atom is -0.368 e. The summed E-state index contributed by atoms with van der Waals surface area (Å²) in [6.07, 6.45) is 2.79. The number of hydrogen-bond acceptors (Lipinski definition) is 5. The minimum atomic E-state index is -0.566. The van der Waals surface area contributed by atoms with Gasteiger partial charge in [-0.1, -0.05) is 29.3 Å². The average Bonchev–Trinajstić information content (AvgIpc) is 2.68. The summed E-state index contributed by atoms with van der Waals surface area (Å²) < 4.78 is 0. The zero-order valence-corrected chi connectivity index (χ0v) is 17.3. The molecule has 152 valence electrons. The summed E-state index contributed by atoms with van der Waals surface area (Å²) in [5, 5.41) is 14.3. The zero-order valence-electron chi connectivity index (χ0n) is 15.8. The number of piperazine rings is 1. The van der Waals surface area contributed by atoms with Crippen LogP contribution >= 0.6 is 23.2 Å². The number of nitro benzene ring substituents is 1. The SMILES string of the molecule is CN1CCN(c2ccc(NC(=O)C=Cc3ccc(Cl)c([N+](=O)[O-])c3)cc2Cl)CC1. The number of benzene rings is 2. The van der Waals surface area contributed by atoms with Crippen LogP contribution in [0, 0.1) is 10.1 Å². The van der Waals surface area contributed by atoms with E-state index < -0.39 is 4.92 Å². The molecule has 0 aromatic heterocycles. The molecule has 29 heavy (non-hydrogen) atoms. The summed E-state index contributed by atoms with van der Waals surface area (Å²) in [5.41, 5.74) is 1.81. The fourth-order valence-corrected chi connectivity index (χ4v) is 3.50. The van der Waals surface area contributed by atoms with E-state index in [0.29, 0.717) is 16.3 Å². The highest BCUT2D eigenvalue weighted by molar-refractivity contribution is 6.33. The summed E-state index contributed by atoms with van der Waals surface area (Å²) in [4.78, 5) is 27.1. The molecule has 1 N–H and O–H groups in total. The van der Waals surface area contributed by atoms with Gasteiger partial charge in [-0.2, -0.15) is 0 Å². The maximum atomic E-state index is 12.2. The van der Waals surface area contributed by atoms with Gasteiger partial charge < -0.3 is 15.1 Å². The lowest BCUT2D eigenvalue weighted by molar-refractivity contribution is -0.384. The molecule has 2 aromatic rings. The molecule has 0 atom stereocenters. The van der Waals surface area contributed by atoms with Gasteiger partial charge in [0.2, 0.25) is 5.91 Å². The quantitative estimate of drug-likeness (QED) is 0.430. The number of carbonyl (C=O) groups is 1. The number of nitro groups is 1. The Labute approximate surface area is 178 Å². The van der Waals surface area contributed by atoms with Crippen molar-refractivity contribution in [3.8, 4) is 0 Å². The van der Waals surface area contributed by atoms with Gasteiger partial charge in [-0.15, -0.1) is 0 Å². The van der Waals surface area contributed by atoms with Crippen molar-refractivity contribution in [3.63, 3.8) is 0 Å². The fourth-order valence-electron chi connectivity index (χ4n) is 3.02. The van der Waals surface area contributed by atoms with Gasteiger partial charge in [-0.3, -0.25) is 14.9 Å². The Morgan fingerprint density at radius 1 is 1.10 bits per heavy atom. The van der Waals surface area contributed by atoms with Crippen molar-refractivity contribution < 1.29 is 9.72 Å². The van der Waals surface area contributed by atoms with E-state index >= 15 is 0 Å². The molecule has 7 nitrogen and oxygen atoms in total. The van der Waals surface area contributed by atoms with Gasteiger partial charge in [0, 0.05) is 44.0 Å². The maximum absolute atomic E-state index is 12.2. The first-order valence-corrected chi connectivity index (χ1v) is 9.75. The Hall–Kier alpha value is -2.61. The highest BCUT2D eigenvalue weighted by atomic mass is 35.5. The molecule has 1 saturated heterocycles. The molecule has 1 aliphatic heterocycles. The number of anilines is 2. The number of nitrogens with zero attached hydrogens (tertiary/aromatic N) is 3. The second kappa shape index (κ2) is 9.26. The molecule has 0 unspecified atom stereocenters. The van der Waals surface area contributed by atoms with Gasteiger partial charge in [0.05, 0.1) is 15.6 Å². The molecular formula is C20H20Cl2N4O3. The minimum absolute atomic E-state index is 0.0479. The van der Waals surface area contributed by atoms with Crippen LogP contribution < -0.4 is 10.2 Å². The molecule has 1 heterocycles.